The molecule has 82 valence electrons. The van der Waals surface area contributed by atoms with Crippen LogP contribution in [0.4, 0.5) is 0 Å². The van der Waals surface area contributed by atoms with Gasteiger partial charge in [0, 0.05) is 11.6 Å². The molecule has 0 bridgehead atoms. The summed E-state index contributed by atoms with van der Waals surface area (Å²) in [5, 5.41) is 1.12. The second-order valence-corrected chi connectivity index (χ2v) is 3.81. The van der Waals surface area contributed by atoms with Gasteiger partial charge in [0.1, 0.15) is 5.58 Å². The van der Waals surface area contributed by atoms with E-state index < -0.39 is 0 Å². The number of fused-ring (bicyclic) bond motifs is 1. The predicted octanol–water partition coefficient (Wildman–Crippen LogP) is 4.00. The molecule has 17 heavy (non-hydrogen) atoms. The van der Waals surface area contributed by atoms with Crippen LogP contribution in [0.2, 0.25) is 0 Å². The predicted molar refractivity (Wildman–Crippen MR) is 69.4 cm³/mol. The van der Waals surface area contributed by atoms with Crippen LogP contribution >= 0.6 is 0 Å². The maximum absolute atomic E-state index is 5.36. The van der Waals surface area contributed by atoms with Gasteiger partial charge >= 0.3 is 0 Å². The van der Waals surface area contributed by atoms with E-state index in [0.29, 0.717) is 0 Å². The summed E-state index contributed by atoms with van der Waals surface area (Å²) < 4.78 is 5.36. The van der Waals surface area contributed by atoms with Crippen molar-refractivity contribution in [2.24, 2.45) is 0 Å². The normalized spacial score (nSPS) is 11.3. The van der Waals surface area contributed by atoms with Gasteiger partial charge in [-0.25, -0.2) is 0 Å². The number of benzene rings is 1. The average Bonchev–Trinajstić information content (AvgIpc) is 2.85. The van der Waals surface area contributed by atoms with Crippen LogP contribution in [-0.2, 0) is 0 Å². The van der Waals surface area contributed by atoms with Gasteiger partial charge in [0.25, 0.3) is 0 Å². The van der Waals surface area contributed by atoms with Gasteiger partial charge in [0.05, 0.1) is 12.0 Å². The van der Waals surface area contributed by atoms with Crippen LogP contribution in [0, 0.1) is 0 Å². The number of nitrogens with zero attached hydrogens (tertiary/aromatic N) is 1. The van der Waals surface area contributed by atoms with Gasteiger partial charge in [-0.15, -0.1) is 0 Å². The second-order valence-electron chi connectivity index (χ2n) is 3.81. The van der Waals surface area contributed by atoms with E-state index in [0.717, 1.165) is 22.2 Å². The average molecular weight is 221 g/mol. The first-order valence-corrected chi connectivity index (χ1v) is 5.48. The first-order chi connectivity index (χ1) is 8.42. The highest BCUT2D eigenvalue weighted by Crippen LogP contribution is 2.18. The SMILES string of the molecule is C(=Cc1ccccn1)c1ccc2ccoc2c1. The van der Waals surface area contributed by atoms with E-state index in [-0.39, 0.29) is 0 Å². The van der Waals surface area contributed by atoms with Crippen LogP contribution in [-0.4, -0.2) is 4.98 Å². The lowest BCUT2D eigenvalue weighted by atomic mass is 10.1. The lowest BCUT2D eigenvalue weighted by Gasteiger charge is -1.94. The fourth-order valence-corrected chi connectivity index (χ4v) is 1.73. The van der Waals surface area contributed by atoms with E-state index in [1.807, 2.05) is 42.5 Å². The van der Waals surface area contributed by atoms with Crippen LogP contribution in [0.15, 0.2) is 59.3 Å². The third-order valence-electron chi connectivity index (χ3n) is 2.61. The number of rotatable bonds is 2. The Morgan fingerprint density at radius 1 is 1.00 bits per heavy atom. The van der Waals surface area contributed by atoms with Crippen molar-refractivity contribution in [3.63, 3.8) is 0 Å². The minimum atomic E-state index is 0.910. The molecule has 0 radical (unpaired) electrons. The molecular weight excluding hydrogens is 210 g/mol. The molecule has 2 aromatic heterocycles. The molecule has 0 N–H and O–H groups in total. The second kappa shape index (κ2) is 4.26. The smallest absolute Gasteiger partial charge is 0.134 e. The van der Waals surface area contributed by atoms with Crippen molar-refractivity contribution in [2.45, 2.75) is 0 Å². The Morgan fingerprint density at radius 3 is 2.88 bits per heavy atom. The van der Waals surface area contributed by atoms with Crippen molar-refractivity contribution >= 4 is 23.1 Å². The van der Waals surface area contributed by atoms with Crippen LogP contribution in [0.3, 0.4) is 0 Å². The molecular formula is C15H11NO. The lowest BCUT2D eigenvalue weighted by Crippen LogP contribution is -1.76. The zero-order chi connectivity index (χ0) is 11.5. The molecule has 0 atom stereocenters. The van der Waals surface area contributed by atoms with Crippen LogP contribution < -0.4 is 0 Å². The summed E-state index contributed by atoms with van der Waals surface area (Å²) in [6, 6.07) is 14.0. The zero-order valence-corrected chi connectivity index (χ0v) is 9.21. The number of furan rings is 1. The number of hydrogen-bond donors (Lipinski definition) is 0. The Bertz CT molecular complexity index is 653. The van der Waals surface area contributed by atoms with Gasteiger partial charge in [0.2, 0.25) is 0 Å². The Balaban J connectivity index is 1.92. The summed E-state index contributed by atoms with van der Waals surface area (Å²) >= 11 is 0. The fourth-order valence-electron chi connectivity index (χ4n) is 1.73. The maximum atomic E-state index is 5.36. The molecule has 3 rings (SSSR count). The van der Waals surface area contributed by atoms with Gasteiger partial charge in [-0.2, -0.15) is 0 Å². The van der Waals surface area contributed by atoms with Crippen molar-refractivity contribution in [1.29, 1.82) is 0 Å². The Labute approximate surface area is 99.2 Å². The summed E-state index contributed by atoms with van der Waals surface area (Å²) in [5.74, 6) is 0. The van der Waals surface area contributed by atoms with E-state index in [1.54, 1.807) is 12.5 Å². The molecule has 2 heteroatoms. The molecule has 2 heterocycles. The van der Waals surface area contributed by atoms with Crippen molar-refractivity contribution in [3.05, 3.63) is 66.2 Å². The van der Waals surface area contributed by atoms with Crippen molar-refractivity contribution in [2.75, 3.05) is 0 Å². The minimum Gasteiger partial charge on any atom is -0.464 e. The molecule has 0 fully saturated rings. The third kappa shape index (κ3) is 2.11. The highest BCUT2D eigenvalue weighted by atomic mass is 16.3. The largest absolute Gasteiger partial charge is 0.464 e. The summed E-state index contributed by atoms with van der Waals surface area (Å²) in [7, 11) is 0. The molecule has 1 aromatic carbocycles. The lowest BCUT2D eigenvalue weighted by molar-refractivity contribution is 0.616. The Kier molecular flexibility index (Phi) is 2.47. The van der Waals surface area contributed by atoms with Gasteiger partial charge in [-0.3, -0.25) is 4.98 Å². The van der Waals surface area contributed by atoms with Crippen LogP contribution in [0.1, 0.15) is 11.3 Å². The van der Waals surface area contributed by atoms with E-state index in [2.05, 4.69) is 17.1 Å². The quantitative estimate of drug-likeness (QED) is 0.653. The van der Waals surface area contributed by atoms with Crippen molar-refractivity contribution in [3.8, 4) is 0 Å². The Hall–Kier alpha value is -2.35. The van der Waals surface area contributed by atoms with Crippen LogP contribution in [0.25, 0.3) is 23.1 Å². The van der Waals surface area contributed by atoms with Gasteiger partial charge in [-0.05, 0) is 35.9 Å². The summed E-state index contributed by atoms with van der Waals surface area (Å²) in [6.07, 6.45) is 7.51. The van der Waals surface area contributed by atoms with Crippen molar-refractivity contribution < 1.29 is 4.42 Å². The van der Waals surface area contributed by atoms with Crippen LogP contribution in [0.5, 0.6) is 0 Å². The monoisotopic (exact) mass is 221 g/mol. The first kappa shape index (κ1) is 9.85. The highest BCUT2D eigenvalue weighted by Gasteiger charge is 1.96. The van der Waals surface area contributed by atoms with Crippen molar-refractivity contribution in [1.82, 2.24) is 4.98 Å². The zero-order valence-electron chi connectivity index (χ0n) is 9.21. The molecule has 0 amide bonds. The fraction of sp³-hybridized carbons (Fsp3) is 0. The van der Waals surface area contributed by atoms with Gasteiger partial charge in [0.15, 0.2) is 0 Å². The summed E-state index contributed by atoms with van der Waals surface area (Å²) in [6.45, 7) is 0. The van der Waals surface area contributed by atoms with E-state index in [9.17, 15) is 0 Å². The van der Waals surface area contributed by atoms with Gasteiger partial charge < -0.3 is 4.42 Å². The molecule has 0 unspecified atom stereocenters. The molecule has 2 nitrogen and oxygen atoms in total. The molecule has 0 spiro atoms. The van der Waals surface area contributed by atoms with E-state index in [4.69, 9.17) is 4.42 Å². The van der Waals surface area contributed by atoms with E-state index in [1.165, 1.54) is 0 Å². The molecule has 0 aliphatic carbocycles. The Morgan fingerprint density at radius 2 is 2.00 bits per heavy atom. The standard InChI is InChI=1S/C15H11NO/c1-2-9-16-14(3-1)7-5-12-4-6-13-8-10-17-15(13)11-12/h1-11H. The van der Waals surface area contributed by atoms with E-state index >= 15 is 0 Å². The topological polar surface area (TPSA) is 26.0 Å². The molecule has 3 aromatic rings. The van der Waals surface area contributed by atoms with Gasteiger partial charge in [-0.1, -0.05) is 24.3 Å². The number of pyridine rings is 1. The molecule has 0 saturated heterocycles. The number of aromatic nitrogens is 1. The minimum absolute atomic E-state index is 0.910. The first-order valence-electron chi connectivity index (χ1n) is 5.48. The third-order valence-corrected chi connectivity index (χ3v) is 2.61. The molecule has 0 aliphatic heterocycles. The summed E-state index contributed by atoms with van der Waals surface area (Å²) in [4.78, 5) is 4.24. The molecule has 0 saturated carbocycles. The number of hydrogen-bond acceptors (Lipinski definition) is 2. The highest BCUT2D eigenvalue weighted by molar-refractivity contribution is 5.81. The summed E-state index contributed by atoms with van der Waals surface area (Å²) in [5.41, 5.74) is 2.97. The molecule has 0 aliphatic rings. The maximum Gasteiger partial charge on any atom is 0.134 e.